The van der Waals surface area contributed by atoms with Crippen molar-refractivity contribution >= 4 is 108 Å². The number of ether oxygens (including phenoxy) is 1. The van der Waals surface area contributed by atoms with Crippen molar-refractivity contribution in [3.63, 3.8) is 0 Å². The van der Waals surface area contributed by atoms with Gasteiger partial charge in [0.1, 0.15) is 17.1 Å². The summed E-state index contributed by atoms with van der Waals surface area (Å²) >= 11 is 2.08. The molecule has 1 spiro atoms. The molecule has 0 radical (unpaired) electrons. The lowest BCUT2D eigenvalue weighted by molar-refractivity contribution is -0.148. The van der Waals surface area contributed by atoms with E-state index in [2.05, 4.69) is 52.8 Å². The Morgan fingerprint density at radius 3 is 1.64 bits per heavy atom. The van der Waals surface area contributed by atoms with Gasteiger partial charge in [-0.2, -0.15) is 87.2 Å². The predicted molar refractivity (Wildman–Crippen MR) is 358 cm³/mol. The van der Waals surface area contributed by atoms with Gasteiger partial charge in [-0.1, -0.05) is 42.5 Å². The number of hydrogen-bond acceptors (Lipinski definition) is 10. The standard InChI is InChI=1S/C68H52F16N10O7S3/c1-62(2,33-86-56(95)63(70,71)37-6-12-45(34-17-20-102-29-34)50(24-37)91-59(98)88-42-5-3-4-40(23-42)66(76,77)78)101-55-22-36(30-103-55)47-14-8-39(26-52(47)93-61(100)90-44-16-19-85-53(28-44)68(82,83)84)65(74,75)58(97)94-54-32-104(54)21-18-35(31-104)46-13-7-38(64(72,73)57(96)87-41-9-10-41)25-51(46)92-60(99)89-43-11-15-49(69)48(27-43)67(79,80)81/h3-8,11-31,41,54H,9-10,32-33H2,1-2H3,(H,86,95)(H,87,96)(H,94,97)(H2,88,91,98)(H2,89,92,99)(H2,85,90,93,100). The molecular weight excluding hydrogens is 1470 g/mol. The number of aromatic nitrogens is 1. The van der Waals surface area contributed by atoms with Gasteiger partial charge in [0.15, 0.2) is 5.06 Å². The van der Waals surface area contributed by atoms with Gasteiger partial charge in [0.05, 0.1) is 40.1 Å². The Morgan fingerprint density at radius 1 is 0.538 bits per heavy atom. The fraction of sp³-hybridized carbons (Fsp3) is 0.221. The number of pyridine rings is 1. The molecule has 2 unspecified atom stereocenters. The number of rotatable bonds is 21. The van der Waals surface area contributed by atoms with E-state index < -0.39 is 168 Å². The minimum Gasteiger partial charge on any atom is -0.476 e. The van der Waals surface area contributed by atoms with Crippen LogP contribution >= 0.6 is 32.7 Å². The molecule has 11 rings (SSSR count). The van der Waals surface area contributed by atoms with Gasteiger partial charge in [0.25, 0.3) is 17.7 Å². The van der Waals surface area contributed by atoms with Gasteiger partial charge in [0, 0.05) is 73.8 Å². The minimum absolute atomic E-state index is 0.00592. The zero-order valence-electron chi connectivity index (χ0n) is 53.1. The van der Waals surface area contributed by atoms with Crippen LogP contribution < -0.4 is 52.6 Å². The second-order valence-electron chi connectivity index (χ2n) is 24.3. The monoisotopic (exact) mass is 1520 g/mol. The highest BCUT2D eigenvalue weighted by atomic mass is 32.3. The first kappa shape index (κ1) is 74.6. The Morgan fingerprint density at radius 2 is 1.09 bits per heavy atom. The number of anilines is 6. The number of halogens is 16. The van der Waals surface area contributed by atoms with E-state index in [-0.39, 0.29) is 56.1 Å². The van der Waals surface area contributed by atoms with E-state index >= 15 is 26.3 Å². The Kier molecular flexibility index (Phi) is 20.2. The van der Waals surface area contributed by atoms with Crippen molar-refractivity contribution in [2.75, 3.05) is 44.2 Å². The van der Waals surface area contributed by atoms with Crippen LogP contribution in [0.3, 0.4) is 0 Å². The van der Waals surface area contributed by atoms with Crippen molar-refractivity contribution < 1.29 is 104 Å². The molecule has 1 saturated carbocycles. The lowest BCUT2D eigenvalue weighted by Crippen LogP contribution is -2.47. The average molecular weight is 1520 g/mol. The lowest BCUT2D eigenvalue weighted by atomic mass is 9.99. The molecule has 5 heterocycles. The molecule has 546 valence electrons. The number of alkyl halides is 15. The number of hydrogen-bond donors (Lipinski definition) is 9. The molecule has 36 heteroatoms. The molecule has 1 saturated heterocycles. The molecule has 9 amide bonds. The molecule has 0 bridgehead atoms. The molecule has 9 N–H and O–H groups in total. The van der Waals surface area contributed by atoms with Crippen LogP contribution in [0.25, 0.3) is 27.8 Å². The van der Waals surface area contributed by atoms with E-state index in [0.717, 1.165) is 84.3 Å². The van der Waals surface area contributed by atoms with Gasteiger partial charge in [-0.3, -0.25) is 19.4 Å². The normalized spacial score (nSPS) is 16.7. The SMILES string of the molecule is CC(C)(CNC(=O)C(F)(F)c1ccc(-c2ccsc2)c(NC(=O)Nc2cccc(C(F)(F)F)c2)c1)Oc1cc(-c2ccc(C(F)(F)C(=O)NC3CS34C=CC(c3ccc(C(F)(F)C(=O)NC5CC5)cc3NC(=O)Nc3ccc(F)c(C(F)(F)F)c3)=C4)cc2NC(=O)Nc2ccnc(C(F)(F)F)c2)cs1. The lowest BCUT2D eigenvalue weighted by Gasteiger charge is -2.27. The smallest absolute Gasteiger partial charge is 0.433 e. The summed E-state index contributed by atoms with van der Waals surface area (Å²) in [4.78, 5) is 83.2. The summed E-state index contributed by atoms with van der Waals surface area (Å²) in [7, 11) is -2.35. The fourth-order valence-corrected chi connectivity index (χ4v) is 15.1. The van der Waals surface area contributed by atoms with E-state index in [1.165, 1.54) is 60.2 Å². The molecule has 3 aliphatic rings. The molecule has 104 heavy (non-hydrogen) atoms. The van der Waals surface area contributed by atoms with E-state index in [1.54, 1.807) is 22.2 Å². The Balaban J connectivity index is 0.796. The summed E-state index contributed by atoms with van der Waals surface area (Å²) in [5, 5.41) is 26.8. The number of carbonyl (C=O) groups excluding carboxylic acids is 6. The first-order valence-electron chi connectivity index (χ1n) is 30.5. The molecular formula is C68H52F16N10O7S3. The van der Waals surface area contributed by atoms with Crippen molar-refractivity contribution in [1.82, 2.24) is 20.9 Å². The van der Waals surface area contributed by atoms with Crippen molar-refractivity contribution in [3.05, 3.63) is 205 Å². The molecule has 1 aliphatic carbocycles. The summed E-state index contributed by atoms with van der Waals surface area (Å²) in [6.45, 7) is 2.17. The average Bonchev–Trinajstić information content (AvgIpc) is 1.57. The van der Waals surface area contributed by atoms with Crippen molar-refractivity contribution in [2.24, 2.45) is 0 Å². The Hall–Kier alpha value is -10.6. The number of carbonyl (C=O) groups is 6. The van der Waals surface area contributed by atoms with Gasteiger partial charge in [-0.25, -0.2) is 18.8 Å². The highest BCUT2D eigenvalue weighted by Gasteiger charge is 2.53. The summed E-state index contributed by atoms with van der Waals surface area (Å²) in [5.74, 6) is -20.0. The second-order valence-corrected chi connectivity index (χ2v) is 29.2. The van der Waals surface area contributed by atoms with E-state index in [9.17, 15) is 72.7 Å². The predicted octanol–water partition coefficient (Wildman–Crippen LogP) is 18.0. The van der Waals surface area contributed by atoms with Gasteiger partial charge < -0.3 is 52.6 Å². The number of benzene rings is 5. The van der Waals surface area contributed by atoms with E-state index in [4.69, 9.17) is 4.74 Å². The molecule has 2 aliphatic heterocycles. The van der Waals surface area contributed by atoms with Gasteiger partial charge in [0.2, 0.25) is 0 Å². The maximum absolute atomic E-state index is 16.7. The third-order valence-corrected chi connectivity index (χ3v) is 20.7. The van der Waals surface area contributed by atoms with Gasteiger partial charge in [-0.05, 0) is 150 Å². The number of urea groups is 3. The molecule has 17 nitrogen and oxygen atoms in total. The molecule has 2 fully saturated rings. The van der Waals surface area contributed by atoms with Crippen LogP contribution in [0.4, 0.5) is 119 Å². The maximum atomic E-state index is 16.7. The van der Waals surface area contributed by atoms with Crippen LogP contribution in [-0.2, 0) is 50.7 Å². The van der Waals surface area contributed by atoms with Gasteiger partial charge in [-0.15, -0.1) is 11.3 Å². The number of allylic oxidation sites excluding steroid dienone is 2. The third kappa shape index (κ3) is 17.0. The molecule has 8 aromatic rings. The minimum atomic E-state index is -5.18. The van der Waals surface area contributed by atoms with Crippen LogP contribution in [-0.4, -0.2) is 70.1 Å². The van der Waals surface area contributed by atoms with Crippen molar-refractivity contribution in [1.29, 1.82) is 0 Å². The number of nitrogens with one attached hydrogen (secondary N) is 9. The quantitative estimate of drug-likeness (QED) is 0.0247. The highest BCUT2D eigenvalue weighted by Crippen LogP contribution is 2.73. The zero-order valence-corrected chi connectivity index (χ0v) is 55.6. The largest absolute Gasteiger partial charge is 0.476 e. The molecule has 3 aromatic heterocycles. The van der Waals surface area contributed by atoms with Crippen LogP contribution in [0.15, 0.2) is 161 Å². The number of amides is 9. The Labute approximate surface area is 587 Å². The summed E-state index contributed by atoms with van der Waals surface area (Å²) in [6.07, 6.45) is -11.8. The third-order valence-electron chi connectivity index (χ3n) is 16.0. The van der Waals surface area contributed by atoms with Crippen LogP contribution in [0.1, 0.15) is 65.8 Å². The number of nitrogens with zero attached hydrogens (tertiary/aromatic N) is 1. The summed E-state index contributed by atoms with van der Waals surface area (Å²) in [5.41, 5.74) is -10.2. The number of thiophene rings is 2. The van der Waals surface area contributed by atoms with Crippen LogP contribution in [0, 0.1) is 5.82 Å². The zero-order chi connectivity index (χ0) is 75.3. The molecule has 5 aromatic carbocycles. The first-order valence-corrected chi connectivity index (χ1v) is 34.3. The highest BCUT2D eigenvalue weighted by molar-refractivity contribution is 8.44. The topological polar surface area (TPSA) is 233 Å². The Bertz CT molecular complexity index is 4770. The van der Waals surface area contributed by atoms with E-state index in [0.29, 0.717) is 42.7 Å². The summed E-state index contributed by atoms with van der Waals surface area (Å²) in [6, 6.07) is 13.6. The van der Waals surface area contributed by atoms with Crippen molar-refractivity contribution in [2.45, 2.75) is 80.0 Å². The fourth-order valence-electron chi connectivity index (χ4n) is 10.5. The second kappa shape index (κ2) is 28.2. The first-order chi connectivity index (χ1) is 48.7. The van der Waals surface area contributed by atoms with Gasteiger partial charge >= 0.3 is 54.4 Å². The molecule has 2 atom stereocenters. The maximum Gasteiger partial charge on any atom is 0.433 e. The van der Waals surface area contributed by atoms with Crippen LogP contribution in [0.2, 0.25) is 0 Å². The van der Waals surface area contributed by atoms with Crippen molar-refractivity contribution in [3.8, 4) is 27.3 Å². The van der Waals surface area contributed by atoms with E-state index in [1.807, 2.05) is 0 Å². The summed E-state index contributed by atoms with van der Waals surface area (Å²) < 4.78 is 239. The van der Waals surface area contributed by atoms with Crippen LogP contribution in [0.5, 0.6) is 5.06 Å².